The third-order valence-electron chi connectivity index (χ3n) is 3.27. The van der Waals surface area contributed by atoms with Gasteiger partial charge in [-0.05, 0) is 55.9 Å². The van der Waals surface area contributed by atoms with Crippen molar-refractivity contribution in [2.75, 3.05) is 18.5 Å². The summed E-state index contributed by atoms with van der Waals surface area (Å²) in [6, 6.07) is 6.52. The molecule has 1 saturated carbocycles. The van der Waals surface area contributed by atoms with Crippen molar-refractivity contribution in [3.8, 4) is 0 Å². The monoisotopic (exact) mass is 219 g/mol. The predicted molar refractivity (Wildman–Crippen MR) is 67.9 cm³/mol. The van der Waals surface area contributed by atoms with Crippen LogP contribution in [0.1, 0.15) is 24.0 Å². The van der Waals surface area contributed by atoms with Crippen LogP contribution in [0.3, 0.4) is 0 Å². The van der Waals surface area contributed by atoms with Gasteiger partial charge in [0.05, 0.1) is 6.10 Å². The molecule has 0 spiro atoms. The summed E-state index contributed by atoms with van der Waals surface area (Å²) in [5.41, 5.74) is 3.77. The van der Waals surface area contributed by atoms with Crippen molar-refractivity contribution >= 4 is 5.69 Å². The number of hydrogen-bond acceptors (Lipinski definition) is 2. The minimum Gasteiger partial charge on any atom is -0.391 e. The third kappa shape index (κ3) is 2.76. The van der Waals surface area contributed by atoms with E-state index in [4.69, 9.17) is 0 Å². The van der Waals surface area contributed by atoms with Crippen molar-refractivity contribution in [1.29, 1.82) is 0 Å². The van der Waals surface area contributed by atoms with Crippen molar-refractivity contribution in [2.45, 2.75) is 32.8 Å². The van der Waals surface area contributed by atoms with Crippen LogP contribution in [0.5, 0.6) is 0 Å². The molecule has 2 nitrogen and oxygen atoms in total. The van der Waals surface area contributed by atoms with E-state index < -0.39 is 0 Å². The number of anilines is 1. The van der Waals surface area contributed by atoms with Crippen molar-refractivity contribution in [2.24, 2.45) is 5.92 Å². The molecule has 1 aliphatic carbocycles. The van der Waals surface area contributed by atoms with Gasteiger partial charge in [0, 0.05) is 19.3 Å². The first-order valence-electron chi connectivity index (χ1n) is 6.04. The molecule has 0 aromatic heterocycles. The van der Waals surface area contributed by atoms with E-state index in [9.17, 15) is 5.11 Å². The smallest absolute Gasteiger partial charge is 0.0743 e. The average molecular weight is 219 g/mol. The van der Waals surface area contributed by atoms with Crippen molar-refractivity contribution in [1.82, 2.24) is 0 Å². The van der Waals surface area contributed by atoms with Gasteiger partial charge < -0.3 is 10.0 Å². The molecule has 1 atom stereocenters. The Kier molecular flexibility index (Phi) is 3.20. The van der Waals surface area contributed by atoms with E-state index in [1.54, 1.807) is 0 Å². The molecule has 1 unspecified atom stereocenters. The van der Waals surface area contributed by atoms with E-state index in [1.807, 2.05) is 0 Å². The molecule has 1 fully saturated rings. The van der Waals surface area contributed by atoms with Crippen LogP contribution >= 0.6 is 0 Å². The maximum Gasteiger partial charge on any atom is 0.0743 e. The summed E-state index contributed by atoms with van der Waals surface area (Å²) in [4.78, 5) is 2.16. The Labute approximate surface area is 97.9 Å². The van der Waals surface area contributed by atoms with Gasteiger partial charge in [0.2, 0.25) is 0 Å². The van der Waals surface area contributed by atoms with Crippen LogP contribution in [-0.4, -0.2) is 24.8 Å². The quantitative estimate of drug-likeness (QED) is 0.841. The Morgan fingerprint density at radius 2 is 1.81 bits per heavy atom. The van der Waals surface area contributed by atoms with E-state index in [0.29, 0.717) is 5.92 Å². The molecule has 0 bridgehead atoms. The van der Waals surface area contributed by atoms with E-state index in [0.717, 1.165) is 6.54 Å². The first-order valence-corrected chi connectivity index (χ1v) is 6.04. The lowest BCUT2D eigenvalue weighted by atomic mass is 10.1. The zero-order valence-electron chi connectivity index (χ0n) is 10.4. The molecule has 16 heavy (non-hydrogen) atoms. The molecule has 2 heteroatoms. The Hall–Kier alpha value is -1.02. The van der Waals surface area contributed by atoms with Gasteiger partial charge in [0.15, 0.2) is 0 Å². The Bertz CT molecular complexity index is 351. The molecule has 1 aromatic rings. The number of aliphatic hydroxyl groups excluding tert-OH is 1. The van der Waals surface area contributed by atoms with Crippen LogP contribution < -0.4 is 4.90 Å². The molecule has 0 saturated heterocycles. The largest absolute Gasteiger partial charge is 0.391 e. The zero-order chi connectivity index (χ0) is 11.7. The number of hydrogen-bond donors (Lipinski definition) is 1. The van der Waals surface area contributed by atoms with Crippen molar-refractivity contribution < 1.29 is 5.11 Å². The van der Waals surface area contributed by atoms with Gasteiger partial charge in [0.1, 0.15) is 0 Å². The zero-order valence-corrected chi connectivity index (χ0v) is 10.4. The maximum absolute atomic E-state index is 9.92. The normalized spacial score (nSPS) is 17.2. The van der Waals surface area contributed by atoms with E-state index >= 15 is 0 Å². The third-order valence-corrected chi connectivity index (χ3v) is 3.27. The highest BCUT2D eigenvalue weighted by molar-refractivity contribution is 5.50. The fraction of sp³-hybridized carbons (Fsp3) is 0.571. The lowest BCUT2D eigenvalue weighted by Crippen LogP contribution is -2.30. The van der Waals surface area contributed by atoms with Crippen LogP contribution in [0.4, 0.5) is 5.69 Å². The summed E-state index contributed by atoms with van der Waals surface area (Å²) in [7, 11) is 2.06. The van der Waals surface area contributed by atoms with Crippen molar-refractivity contribution in [3.05, 3.63) is 29.3 Å². The highest BCUT2D eigenvalue weighted by atomic mass is 16.3. The molecule has 0 aliphatic heterocycles. The van der Waals surface area contributed by atoms with E-state index in [1.165, 1.54) is 29.7 Å². The fourth-order valence-electron chi connectivity index (χ4n) is 2.19. The van der Waals surface area contributed by atoms with Gasteiger partial charge in [0.25, 0.3) is 0 Å². The molecular formula is C14H21NO. The summed E-state index contributed by atoms with van der Waals surface area (Å²) in [5.74, 6) is 0.549. The summed E-state index contributed by atoms with van der Waals surface area (Å²) < 4.78 is 0. The topological polar surface area (TPSA) is 23.5 Å². The molecule has 1 aromatic carbocycles. The minimum atomic E-state index is -0.161. The molecule has 1 aliphatic rings. The number of benzene rings is 1. The second-order valence-electron chi connectivity index (χ2n) is 5.13. The lowest BCUT2D eigenvalue weighted by Gasteiger charge is -2.23. The van der Waals surface area contributed by atoms with Gasteiger partial charge in [-0.15, -0.1) is 0 Å². The highest BCUT2D eigenvalue weighted by Crippen LogP contribution is 2.33. The average Bonchev–Trinajstić information content (AvgIpc) is 2.98. The first kappa shape index (κ1) is 11.5. The lowest BCUT2D eigenvalue weighted by molar-refractivity contribution is 0.158. The number of rotatable bonds is 4. The van der Waals surface area contributed by atoms with Gasteiger partial charge in [-0.1, -0.05) is 6.07 Å². The van der Waals surface area contributed by atoms with Crippen LogP contribution in [-0.2, 0) is 0 Å². The SMILES string of the molecule is Cc1cc(C)cc(N(C)CC(O)C2CC2)c1. The summed E-state index contributed by atoms with van der Waals surface area (Å²) >= 11 is 0. The van der Waals surface area contributed by atoms with Crippen LogP contribution in [0.2, 0.25) is 0 Å². The molecule has 0 amide bonds. The van der Waals surface area contributed by atoms with Crippen LogP contribution in [0.25, 0.3) is 0 Å². The highest BCUT2D eigenvalue weighted by Gasteiger charge is 2.30. The van der Waals surface area contributed by atoms with Gasteiger partial charge in [-0.3, -0.25) is 0 Å². The molecule has 0 radical (unpaired) electrons. The van der Waals surface area contributed by atoms with Crippen molar-refractivity contribution in [3.63, 3.8) is 0 Å². The summed E-state index contributed by atoms with van der Waals surface area (Å²) in [6.45, 7) is 4.97. The summed E-state index contributed by atoms with van der Waals surface area (Å²) in [6.07, 6.45) is 2.23. The van der Waals surface area contributed by atoms with Crippen LogP contribution in [0.15, 0.2) is 18.2 Å². The number of likely N-dealkylation sites (N-methyl/N-ethyl adjacent to an activating group) is 1. The number of aryl methyl sites for hydroxylation is 2. The predicted octanol–water partition coefficient (Wildman–Crippen LogP) is 2.51. The van der Waals surface area contributed by atoms with E-state index in [2.05, 4.69) is 44.0 Å². The van der Waals surface area contributed by atoms with Crippen LogP contribution in [0, 0.1) is 19.8 Å². The maximum atomic E-state index is 9.92. The Morgan fingerprint density at radius 1 is 1.25 bits per heavy atom. The van der Waals surface area contributed by atoms with Gasteiger partial charge >= 0.3 is 0 Å². The molecule has 2 rings (SSSR count). The molecular weight excluding hydrogens is 198 g/mol. The second-order valence-corrected chi connectivity index (χ2v) is 5.13. The molecule has 88 valence electrons. The molecule has 0 heterocycles. The Morgan fingerprint density at radius 3 is 2.31 bits per heavy atom. The Balaban J connectivity index is 2.04. The summed E-state index contributed by atoms with van der Waals surface area (Å²) in [5, 5.41) is 9.92. The van der Waals surface area contributed by atoms with Gasteiger partial charge in [-0.25, -0.2) is 0 Å². The van der Waals surface area contributed by atoms with Gasteiger partial charge in [-0.2, -0.15) is 0 Å². The number of nitrogens with zero attached hydrogens (tertiary/aromatic N) is 1. The molecule has 1 N–H and O–H groups in total. The van der Waals surface area contributed by atoms with E-state index in [-0.39, 0.29) is 6.10 Å². The fourth-order valence-corrected chi connectivity index (χ4v) is 2.19. The second kappa shape index (κ2) is 4.46. The minimum absolute atomic E-state index is 0.161. The first-order chi connectivity index (χ1) is 7.56. The number of aliphatic hydroxyl groups is 1. The standard InChI is InChI=1S/C14H21NO/c1-10-6-11(2)8-13(7-10)15(3)9-14(16)12-4-5-12/h6-8,12,14,16H,4-5,9H2,1-3H3.